The van der Waals surface area contributed by atoms with Gasteiger partial charge in [-0.3, -0.25) is 14.9 Å². The summed E-state index contributed by atoms with van der Waals surface area (Å²) >= 11 is 0. The van der Waals surface area contributed by atoms with Crippen LogP contribution in [0.25, 0.3) is 11.1 Å². The van der Waals surface area contributed by atoms with Crippen molar-refractivity contribution in [1.82, 2.24) is 0 Å². The molecule has 4 atom stereocenters. The number of rotatable bonds is 5. The van der Waals surface area contributed by atoms with E-state index in [0.717, 1.165) is 16.8 Å². The lowest BCUT2D eigenvalue weighted by molar-refractivity contribution is -0.385. The lowest BCUT2D eigenvalue weighted by Crippen LogP contribution is -2.78. The first-order chi connectivity index (χ1) is 20.7. The predicted octanol–water partition coefficient (Wildman–Crippen LogP) is 6.68. The Labute approximate surface area is 249 Å². The van der Waals surface area contributed by atoms with Crippen LogP contribution in [0.2, 0.25) is 0 Å². The van der Waals surface area contributed by atoms with Crippen LogP contribution in [0.5, 0.6) is 11.5 Å². The molecule has 0 N–H and O–H groups in total. The Kier molecular flexibility index (Phi) is 5.70. The Morgan fingerprint density at radius 1 is 1.09 bits per heavy atom. The number of hydrogen-bond donors (Lipinski definition) is 0. The molecule has 3 aliphatic rings. The number of nitrogens with zero attached hydrogens (tertiary/aromatic N) is 3. The van der Waals surface area contributed by atoms with Gasteiger partial charge in [0.2, 0.25) is 5.75 Å². The maximum Gasteiger partial charge on any atom is 0.312 e. The van der Waals surface area contributed by atoms with Gasteiger partial charge in [0.05, 0.1) is 34.6 Å². The summed E-state index contributed by atoms with van der Waals surface area (Å²) in [5.74, 6) is 0.782. The minimum Gasteiger partial charge on any atom is -0.490 e. The monoisotopic (exact) mass is 571 g/mol. The zero-order chi connectivity index (χ0) is 30.3. The summed E-state index contributed by atoms with van der Waals surface area (Å²) < 4.78 is 12.9. The smallest absolute Gasteiger partial charge is 0.312 e. The van der Waals surface area contributed by atoms with Crippen LogP contribution in [0, 0.1) is 33.3 Å². The van der Waals surface area contributed by atoms with Crippen LogP contribution >= 0.6 is 0 Å². The summed E-state index contributed by atoms with van der Waals surface area (Å²) in [6.45, 7) is 4.38. The number of likely N-dealkylation sites (N-methyl/N-ethyl adjacent to an activating group) is 1. The first kappa shape index (κ1) is 26.7. The highest BCUT2D eigenvalue weighted by molar-refractivity contribution is 6.09. The highest BCUT2D eigenvalue weighted by Crippen LogP contribution is 2.71. The van der Waals surface area contributed by atoms with Crippen molar-refractivity contribution in [3.8, 4) is 28.7 Å². The van der Waals surface area contributed by atoms with Gasteiger partial charge in [0, 0.05) is 41.4 Å². The molecule has 1 fully saturated rings. The van der Waals surface area contributed by atoms with Crippen molar-refractivity contribution in [2.75, 3.05) is 19.1 Å². The van der Waals surface area contributed by atoms with Crippen molar-refractivity contribution in [1.29, 1.82) is 5.26 Å². The first-order valence-electron chi connectivity index (χ1n) is 14.2. The van der Waals surface area contributed by atoms with Crippen LogP contribution in [-0.4, -0.2) is 30.6 Å². The van der Waals surface area contributed by atoms with Gasteiger partial charge in [-0.1, -0.05) is 61.5 Å². The molecule has 0 radical (unpaired) electrons. The zero-order valence-electron chi connectivity index (χ0n) is 24.3. The number of ketones is 1. The van der Waals surface area contributed by atoms with Crippen molar-refractivity contribution in [3.63, 3.8) is 0 Å². The molecule has 214 valence electrons. The molecule has 0 amide bonds. The number of carbonyl (C=O) groups is 1. The highest BCUT2D eigenvalue weighted by atomic mass is 16.6. The molecule has 2 heterocycles. The maximum absolute atomic E-state index is 13.1. The molecule has 4 aromatic rings. The maximum atomic E-state index is 13.1. The highest BCUT2D eigenvalue weighted by Gasteiger charge is 2.77. The first-order valence-corrected chi connectivity index (χ1v) is 14.2. The molecule has 1 aliphatic carbocycles. The lowest BCUT2D eigenvalue weighted by Gasteiger charge is -2.67. The Balaban J connectivity index is 1.39. The van der Waals surface area contributed by atoms with Gasteiger partial charge < -0.3 is 14.4 Å². The minimum atomic E-state index is -0.755. The van der Waals surface area contributed by atoms with Crippen LogP contribution in [0.1, 0.15) is 46.5 Å². The molecule has 0 bridgehead atoms. The molecule has 0 aromatic heterocycles. The number of anilines is 1. The molecular formula is C35H29N3O5. The van der Waals surface area contributed by atoms with E-state index in [1.54, 1.807) is 42.5 Å². The van der Waals surface area contributed by atoms with Crippen LogP contribution < -0.4 is 14.4 Å². The SMILES string of the molecule is COc1c([N+](=O)[O-])cc2c(c1-c1ccc(C(=O)c3ccccc3)cc1)OC13C(C2)C(C)C1(C)c1cc(C#N)ccc1N3C. The van der Waals surface area contributed by atoms with E-state index in [0.29, 0.717) is 40.0 Å². The number of hydrogen-bond acceptors (Lipinski definition) is 7. The van der Waals surface area contributed by atoms with Gasteiger partial charge >= 0.3 is 5.69 Å². The standard InChI is InChI=1S/C35H29N3O5/c1-20-26-17-25-18-29(38(40)41)33(42-4)30(22-11-13-24(14-12-22)31(39)23-8-6-5-7-9-23)32(25)43-35(26)34(20,2)27-16-21(19-36)10-15-28(27)37(35)3/h5-16,18,20,26H,17H2,1-4H3. The van der Waals surface area contributed by atoms with E-state index in [-0.39, 0.29) is 29.1 Å². The third-order valence-electron chi connectivity index (χ3n) is 10.2. The summed E-state index contributed by atoms with van der Waals surface area (Å²) in [4.78, 5) is 27.1. The number of benzene rings is 4. The van der Waals surface area contributed by atoms with E-state index in [1.807, 2.05) is 43.4 Å². The van der Waals surface area contributed by atoms with Crippen molar-refractivity contribution in [2.24, 2.45) is 11.8 Å². The Bertz CT molecular complexity index is 1880. The van der Waals surface area contributed by atoms with Crippen LogP contribution in [0.4, 0.5) is 11.4 Å². The quantitative estimate of drug-likeness (QED) is 0.149. The van der Waals surface area contributed by atoms with Gasteiger partial charge in [0.25, 0.3) is 0 Å². The fourth-order valence-corrected chi connectivity index (χ4v) is 7.95. The van der Waals surface area contributed by atoms with Crippen molar-refractivity contribution < 1.29 is 19.2 Å². The molecule has 4 aromatic carbocycles. The topological polar surface area (TPSA) is 106 Å². The second-order valence-electron chi connectivity index (χ2n) is 11.8. The molecule has 1 spiro atoms. The summed E-state index contributed by atoms with van der Waals surface area (Å²) in [6, 6.07) is 25.7. The molecule has 4 unspecified atom stereocenters. The van der Waals surface area contributed by atoms with Gasteiger partial charge in [-0.15, -0.1) is 0 Å². The average Bonchev–Trinajstić information content (AvgIpc) is 3.19. The van der Waals surface area contributed by atoms with Crippen LogP contribution in [0.3, 0.4) is 0 Å². The molecule has 0 saturated heterocycles. The van der Waals surface area contributed by atoms with Crippen molar-refractivity contribution >= 4 is 17.2 Å². The van der Waals surface area contributed by atoms with Crippen molar-refractivity contribution in [3.05, 3.63) is 117 Å². The second-order valence-corrected chi connectivity index (χ2v) is 11.8. The number of carbonyl (C=O) groups excluding carboxylic acids is 1. The van der Waals surface area contributed by atoms with Gasteiger partial charge in [-0.2, -0.15) is 5.26 Å². The van der Waals surface area contributed by atoms with Crippen LogP contribution in [-0.2, 0) is 11.8 Å². The van der Waals surface area contributed by atoms with E-state index in [4.69, 9.17) is 9.47 Å². The molecule has 43 heavy (non-hydrogen) atoms. The molecule has 8 nitrogen and oxygen atoms in total. The number of nitriles is 1. The van der Waals surface area contributed by atoms with Gasteiger partial charge in [0.15, 0.2) is 11.5 Å². The van der Waals surface area contributed by atoms with Crippen LogP contribution in [0.15, 0.2) is 78.9 Å². The summed E-state index contributed by atoms with van der Waals surface area (Å²) in [5, 5.41) is 21.9. The number of fused-ring (bicyclic) bond motifs is 3. The van der Waals surface area contributed by atoms with E-state index < -0.39 is 16.1 Å². The van der Waals surface area contributed by atoms with Gasteiger partial charge in [0.1, 0.15) is 5.75 Å². The number of ether oxygens (including phenoxy) is 2. The Morgan fingerprint density at radius 3 is 2.44 bits per heavy atom. The summed E-state index contributed by atoms with van der Waals surface area (Å²) in [7, 11) is 3.44. The van der Waals surface area contributed by atoms with Crippen molar-refractivity contribution in [2.45, 2.75) is 31.4 Å². The second kappa shape index (κ2) is 9.17. The fourth-order valence-electron chi connectivity index (χ4n) is 7.95. The van der Waals surface area contributed by atoms with E-state index in [1.165, 1.54) is 7.11 Å². The minimum absolute atomic E-state index is 0.0552. The lowest BCUT2D eigenvalue weighted by atomic mass is 9.46. The van der Waals surface area contributed by atoms with Gasteiger partial charge in [-0.05, 0) is 48.6 Å². The third kappa shape index (κ3) is 3.33. The Morgan fingerprint density at radius 2 is 1.79 bits per heavy atom. The molecular weight excluding hydrogens is 542 g/mol. The summed E-state index contributed by atoms with van der Waals surface area (Å²) in [5.41, 5.74) is 4.34. The van der Waals surface area contributed by atoms with E-state index >= 15 is 0 Å². The number of methoxy groups -OCH3 is 1. The molecule has 1 saturated carbocycles. The normalized spacial score (nSPS) is 24.3. The zero-order valence-corrected chi connectivity index (χ0v) is 24.3. The number of nitro groups is 1. The Hall–Kier alpha value is -5.16. The largest absolute Gasteiger partial charge is 0.490 e. The molecule has 8 heteroatoms. The van der Waals surface area contributed by atoms with Gasteiger partial charge in [-0.25, -0.2) is 0 Å². The fraction of sp³-hybridized carbons (Fsp3) is 0.257. The molecule has 2 aliphatic heterocycles. The third-order valence-corrected chi connectivity index (χ3v) is 10.2. The summed E-state index contributed by atoms with van der Waals surface area (Å²) in [6.07, 6.45) is 0.581. The molecule has 7 rings (SSSR count). The number of nitro benzene ring substituents is 1. The predicted molar refractivity (Wildman–Crippen MR) is 162 cm³/mol. The average molecular weight is 572 g/mol. The van der Waals surface area contributed by atoms with E-state index in [2.05, 4.69) is 24.8 Å². The van der Waals surface area contributed by atoms with E-state index in [9.17, 15) is 20.2 Å².